The molecule has 0 aromatic heterocycles. The predicted molar refractivity (Wildman–Crippen MR) is 133 cm³/mol. The fraction of sp³-hybridized carbons (Fsp3) is 0.704. The standard InChI is InChI=1S/C27H43O4P/c1-8-9-10-11-12-13-14-15-16-31-26(29)27(7,32-30)24(19(2)3)25(28)23-21(5)17-20(4)18-22(23)6/h17-19,24H,8-16H2,1-7H3. The van der Waals surface area contributed by atoms with E-state index in [4.69, 9.17) is 4.74 Å². The number of Topliss-reactive ketones (excluding diaryl/α,β-unsaturated/α-hetero) is 1. The maximum atomic E-state index is 13.6. The Balaban J connectivity index is 2.83. The van der Waals surface area contributed by atoms with Gasteiger partial charge in [-0.15, -0.1) is 0 Å². The van der Waals surface area contributed by atoms with Gasteiger partial charge in [-0.2, -0.15) is 0 Å². The second kappa shape index (κ2) is 13.9. The zero-order chi connectivity index (χ0) is 24.3. The highest BCUT2D eigenvalue weighted by atomic mass is 31.1. The summed E-state index contributed by atoms with van der Waals surface area (Å²) in [4.78, 5) is 26.6. The summed E-state index contributed by atoms with van der Waals surface area (Å²) in [7, 11) is -0.380. The van der Waals surface area contributed by atoms with Crippen LogP contribution in [0.4, 0.5) is 0 Å². The van der Waals surface area contributed by atoms with Gasteiger partial charge in [-0.25, -0.2) is 0 Å². The van der Waals surface area contributed by atoms with Gasteiger partial charge in [0.05, 0.1) is 12.5 Å². The number of unbranched alkanes of at least 4 members (excludes halogenated alkanes) is 7. The summed E-state index contributed by atoms with van der Waals surface area (Å²) in [6.45, 7) is 13.7. The van der Waals surface area contributed by atoms with Gasteiger partial charge < -0.3 is 4.74 Å². The van der Waals surface area contributed by atoms with Crippen LogP contribution in [0.1, 0.15) is 106 Å². The van der Waals surface area contributed by atoms with Crippen molar-refractivity contribution in [2.45, 2.75) is 105 Å². The van der Waals surface area contributed by atoms with Gasteiger partial charge in [0.15, 0.2) is 19.4 Å². The fourth-order valence-corrected chi connectivity index (χ4v) is 5.37. The van der Waals surface area contributed by atoms with Gasteiger partial charge >= 0.3 is 5.97 Å². The monoisotopic (exact) mass is 462 g/mol. The molecule has 1 aromatic carbocycles. The number of hydrogen-bond donors (Lipinski definition) is 0. The third kappa shape index (κ3) is 7.80. The van der Waals surface area contributed by atoms with Crippen LogP contribution in [0.25, 0.3) is 0 Å². The van der Waals surface area contributed by atoms with Crippen molar-refractivity contribution >= 4 is 20.2 Å². The highest BCUT2D eigenvalue weighted by Crippen LogP contribution is 2.40. The van der Waals surface area contributed by atoms with E-state index in [0.717, 1.165) is 36.0 Å². The fourth-order valence-electron chi connectivity index (χ4n) is 4.70. The molecule has 0 saturated heterocycles. The number of carbonyl (C=O) groups excluding carboxylic acids is 2. The number of ether oxygens (including phenoxy) is 1. The molecular formula is C27H43O4P. The summed E-state index contributed by atoms with van der Waals surface area (Å²) in [5.74, 6) is -1.57. The molecular weight excluding hydrogens is 419 g/mol. The largest absolute Gasteiger partial charge is 0.465 e. The molecule has 5 heteroatoms. The summed E-state index contributed by atoms with van der Waals surface area (Å²) in [6.07, 6.45) is 9.25. The van der Waals surface area contributed by atoms with Gasteiger partial charge in [0, 0.05) is 5.56 Å². The van der Waals surface area contributed by atoms with E-state index in [1.54, 1.807) is 6.92 Å². The molecule has 0 amide bonds. The van der Waals surface area contributed by atoms with E-state index in [2.05, 4.69) is 6.92 Å². The topological polar surface area (TPSA) is 60.4 Å². The van der Waals surface area contributed by atoms with E-state index in [0.29, 0.717) is 12.2 Å². The van der Waals surface area contributed by atoms with E-state index >= 15 is 0 Å². The zero-order valence-corrected chi connectivity index (χ0v) is 22.1. The van der Waals surface area contributed by atoms with Crippen LogP contribution in [0.15, 0.2) is 12.1 Å². The average molecular weight is 463 g/mol. The molecule has 1 aromatic rings. The summed E-state index contributed by atoms with van der Waals surface area (Å²) in [5, 5.41) is -1.41. The molecule has 0 aliphatic rings. The highest BCUT2D eigenvalue weighted by Gasteiger charge is 2.49. The van der Waals surface area contributed by atoms with Crippen molar-refractivity contribution in [1.29, 1.82) is 0 Å². The summed E-state index contributed by atoms with van der Waals surface area (Å²) in [5.41, 5.74) is 3.48. The maximum Gasteiger partial charge on any atom is 0.324 e. The average Bonchev–Trinajstić information content (AvgIpc) is 2.71. The first kappa shape index (κ1) is 28.5. The molecule has 2 atom stereocenters. The molecule has 4 nitrogen and oxygen atoms in total. The van der Waals surface area contributed by atoms with Gasteiger partial charge in [0.2, 0.25) is 0 Å². The first-order valence-corrected chi connectivity index (χ1v) is 13.0. The normalized spacial score (nSPS) is 14.4. The van der Waals surface area contributed by atoms with Crippen LogP contribution in [0, 0.1) is 32.6 Å². The molecule has 0 spiro atoms. The molecule has 0 aliphatic carbocycles. The Labute approximate surface area is 197 Å². The summed E-state index contributed by atoms with van der Waals surface area (Å²) in [6, 6.07) is 3.95. The number of benzene rings is 1. The van der Waals surface area contributed by atoms with Crippen LogP contribution >= 0.6 is 8.46 Å². The third-order valence-corrected chi connectivity index (χ3v) is 7.15. The van der Waals surface area contributed by atoms with E-state index in [9.17, 15) is 14.2 Å². The van der Waals surface area contributed by atoms with Gasteiger partial charge in [0.1, 0.15) is 0 Å². The Kier molecular flexibility index (Phi) is 12.4. The Hall–Kier alpha value is -1.54. The molecule has 0 heterocycles. The second-order valence-electron chi connectivity index (χ2n) is 9.71. The van der Waals surface area contributed by atoms with Crippen molar-refractivity contribution in [3.05, 3.63) is 34.4 Å². The first-order valence-electron chi connectivity index (χ1n) is 12.2. The molecule has 0 radical (unpaired) electrons. The lowest BCUT2D eigenvalue weighted by Crippen LogP contribution is -2.46. The predicted octanol–water partition coefficient (Wildman–Crippen LogP) is 7.80. The minimum Gasteiger partial charge on any atom is -0.465 e. The van der Waals surface area contributed by atoms with Crippen molar-refractivity contribution in [2.75, 3.05) is 6.61 Å². The number of rotatable bonds is 15. The van der Waals surface area contributed by atoms with Crippen molar-refractivity contribution in [1.82, 2.24) is 0 Å². The number of esters is 1. The highest BCUT2D eigenvalue weighted by molar-refractivity contribution is 7.27. The minimum atomic E-state index is -1.41. The smallest absolute Gasteiger partial charge is 0.324 e. The summed E-state index contributed by atoms with van der Waals surface area (Å²) >= 11 is 0. The number of ketones is 1. The number of aryl methyl sites for hydroxylation is 3. The molecule has 0 bridgehead atoms. The third-order valence-electron chi connectivity index (χ3n) is 6.31. The quantitative estimate of drug-likeness (QED) is 0.115. The summed E-state index contributed by atoms with van der Waals surface area (Å²) < 4.78 is 17.8. The molecule has 2 unspecified atom stereocenters. The van der Waals surface area contributed by atoms with E-state index < -0.39 is 17.0 Å². The van der Waals surface area contributed by atoms with Crippen molar-refractivity contribution in [3.63, 3.8) is 0 Å². The van der Waals surface area contributed by atoms with Gasteiger partial charge in [-0.3, -0.25) is 14.2 Å². The van der Waals surface area contributed by atoms with Crippen molar-refractivity contribution in [3.8, 4) is 0 Å². The van der Waals surface area contributed by atoms with Gasteiger partial charge in [-0.05, 0) is 51.2 Å². The van der Waals surface area contributed by atoms with E-state index in [-0.39, 0.29) is 20.2 Å². The molecule has 0 N–H and O–H groups in total. The lowest BCUT2D eigenvalue weighted by Gasteiger charge is -2.32. The van der Waals surface area contributed by atoms with Crippen molar-refractivity contribution in [2.24, 2.45) is 11.8 Å². The molecule has 180 valence electrons. The number of hydrogen-bond acceptors (Lipinski definition) is 4. The Morgan fingerprint density at radius 2 is 1.44 bits per heavy atom. The van der Waals surface area contributed by atoms with Gasteiger partial charge in [0.25, 0.3) is 0 Å². The van der Waals surface area contributed by atoms with Crippen LogP contribution in [-0.4, -0.2) is 23.5 Å². The lowest BCUT2D eigenvalue weighted by molar-refractivity contribution is -0.148. The van der Waals surface area contributed by atoms with Crippen LogP contribution in [-0.2, 0) is 14.1 Å². The molecule has 0 fully saturated rings. The Bertz CT molecular complexity index is 748. The van der Waals surface area contributed by atoms with E-state index in [1.165, 1.54) is 32.1 Å². The first-order chi connectivity index (χ1) is 15.1. The number of carbonyl (C=O) groups is 2. The van der Waals surface area contributed by atoms with Gasteiger partial charge in [-0.1, -0.05) is 83.4 Å². The maximum absolute atomic E-state index is 13.6. The molecule has 1 rings (SSSR count). The Morgan fingerprint density at radius 1 is 0.938 bits per heavy atom. The minimum absolute atomic E-state index is 0.134. The van der Waals surface area contributed by atoms with Crippen LogP contribution in [0.2, 0.25) is 0 Å². The lowest BCUT2D eigenvalue weighted by atomic mass is 9.76. The van der Waals surface area contributed by atoms with Crippen molar-refractivity contribution < 1.29 is 18.9 Å². The second-order valence-corrected chi connectivity index (χ2v) is 10.8. The molecule has 0 saturated carbocycles. The molecule has 32 heavy (non-hydrogen) atoms. The molecule has 0 aliphatic heterocycles. The zero-order valence-electron chi connectivity index (χ0n) is 21.3. The van der Waals surface area contributed by atoms with E-state index in [1.807, 2.05) is 46.8 Å². The van der Waals surface area contributed by atoms with Crippen LogP contribution in [0.3, 0.4) is 0 Å². The van der Waals surface area contributed by atoms with Crippen LogP contribution < -0.4 is 0 Å². The SMILES string of the molecule is CCCCCCCCCCOC(=O)C(C)(P=O)C(C(=O)c1c(C)cc(C)cc1C)C(C)C. The Morgan fingerprint density at radius 3 is 1.91 bits per heavy atom. The van der Waals surface area contributed by atoms with Crippen LogP contribution in [0.5, 0.6) is 0 Å².